The van der Waals surface area contributed by atoms with Gasteiger partial charge in [-0.15, -0.1) is 0 Å². The number of carboxylic acid groups (broad SMARTS) is 1. The van der Waals surface area contributed by atoms with Crippen LogP contribution in [0.15, 0.2) is 0 Å². The summed E-state index contributed by atoms with van der Waals surface area (Å²) in [7, 11) is 1.96. The lowest BCUT2D eigenvalue weighted by atomic mass is 9.64. The van der Waals surface area contributed by atoms with Crippen molar-refractivity contribution >= 4 is 23.8 Å². The maximum Gasteiger partial charge on any atom is 0.300 e. The van der Waals surface area contributed by atoms with Crippen LogP contribution in [0.3, 0.4) is 0 Å². The summed E-state index contributed by atoms with van der Waals surface area (Å²) in [6.07, 6.45) is 1.56. The van der Waals surface area contributed by atoms with Crippen molar-refractivity contribution in [3.63, 3.8) is 0 Å². The number of rotatable bonds is 7. The Bertz CT molecular complexity index is 317. The van der Waals surface area contributed by atoms with Crippen molar-refractivity contribution in [1.29, 1.82) is 0 Å². The van der Waals surface area contributed by atoms with Crippen LogP contribution in [0.4, 0.5) is 0 Å². The van der Waals surface area contributed by atoms with E-state index in [0.29, 0.717) is 6.42 Å². The van der Waals surface area contributed by atoms with Gasteiger partial charge in [-0.3, -0.25) is 4.79 Å². The van der Waals surface area contributed by atoms with Gasteiger partial charge in [-0.25, -0.2) is 13.6 Å². The highest BCUT2D eigenvalue weighted by atomic mass is 32.2. The number of carboxylic acids is 1. The fourth-order valence-corrected chi connectivity index (χ4v) is 1.80. The van der Waals surface area contributed by atoms with Crippen LogP contribution in [0, 0.1) is 0 Å². The first-order valence-corrected chi connectivity index (χ1v) is 6.45. The second-order valence-corrected chi connectivity index (χ2v) is 5.42. The summed E-state index contributed by atoms with van der Waals surface area (Å²) in [6, 6.07) is 0. The highest BCUT2D eigenvalue weighted by Gasteiger charge is 2.32. The highest BCUT2D eigenvalue weighted by Crippen LogP contribution is 2.33. The predicted octanol–water partition coefficient (Wildman–Crippen LogP) is 0.267. The first-order chi connectivity index (χ1) is 6.71. The van der Waals surface area contributed by atoms with Crippen LogP contribution in [0.1, 0.15) is 32.6 Å². The van der Waals surface area contributed by atoms with Crippen LogP contribution < -0.4 is 5.14 Å². The van der Waals surface area contributed by atoms with Crippen molar-refractivity contribution in [3.8, 4) is 0 Å². The average molecular weight is 233 g/mol. The number of aliphatic carboxylic acids is 1. The molecule has 1 atom stereocenters. The minimum atomic E-state index is -3.66. The molecule has 2 radical (unpaired) electrons. The molecule has 3 N–H and O–H groups in total. The van der Waals surface area contributed by atoms with E-state index in [1.54, 1.807) is 0 Å². The molecule has 0 aliphatic heterocycles. The molecule has 86 valence electrons. The van der Waals surface area contributed by atoms with Crippen molar-refractivity contribution in [2.75, 3.05) is 5.75 Å². The van der Waals surface area contributed by atoms with Gasteiger partial charge in [0.1, 0.15) is 0 Å². The third kappa shape index (κ3) is 5.79. The number of unbranched alkanes of at least 4 members (excludes halogenated alkanes) is 1. The highest BCUT2D eigenvalue weighted by molar-refractivity contribution is 7.89. The lowest BCUT2D eigenvalue weighted by molar-refractivity contribution is -0.141. The van der Waals surface area contributed by atoms with E-state index in [2.05, 4.69) is 0 Å². The number of carbonyl (C=O) groups is 1. The van der Waals surface area contributed by atoms with E-state index in [9.17, 15) is 13.2 Å². The van der Waals surface area contributed by atoms with Crippen LogP contribution in [0.25, 0.3) is 0 Å². The molecule has 7 heteroatoms. The molecule has 0 saturated heterocycles. The monoisotopic (exact) mass is 233 g/mol. The van der Waals surface area contributed by atoms with Crippen LogP contribution >= 0.6 is 0 Å². The number of sulfonamides is 1. The van der Waals surface area contributed by atoms with Crippen molar-refractivity contribution in [1.82, 2.24) is 0 Å². The predicted molar refractivity (Wildman–Crippen MR) is 58.2 cm³/mol. The van der Waals surface area contributed by atoms with Gasteiger partial charge in [0.2, 0.25) is 10.0 Å². The quantitative estimate of drug-likeness (QED) is 0.616. The molecule has 0 aliphatic carbocycles. The molecule has 0 heterocycles. The standard InChI is InChI=1S/C8H16BNO4S/c1-2-3-4-8(9,7(11)12)5-6-15(10,13)14/h2-6H2,1H3,(H,11,12)(H2,10,13,14). The molecule has 0 spiro atoms. The van der Waals surface area contributed by atoms with Crippen molar-refractivity contribution in [2.45, 2.75) is 37.9 Å². The minimum absolute atomic E-state index is 0.152. The molecular formula is C8H16BNO4S. The minimum Gasteiger partial charge on any atom is -0.481 e. The Morgan fingerprint density at radius 1 is 1.47 bits per heavy atom. The number of hydrogen-bond donors (Lipinski definition) is 2. The van der Waals surface area contributed by atoms with Crippen molar-refractivity contribution in [2.24, 2.45) is 5.14 Å². The first kappa shape index (κ1) is 14.4. The van der Waals surface area contributed by atoms with Crippen LogP contribution in [0.5, 0.6) is 0 Å². The maximum absolute atomic E-state index is 10.9. The summed E-state index contributed by atoms with van der Waals surface area (Å²) < 4.78 is 21.4. The third-order valence-corrected chi connectivity index (χ3v) is 3.01. The second kappa shape index (κ2) is 5.51. The van der Waals surface area contributed by atoms with E-state index in [4.69, 9.17) is 18.1 Å². The normalized spacial score (nSPS) is 15.9. The molecule has 15 heavy (non-hydrogen) atoms. The topological polar surface area (TPSA) is 97.5 Å². The Labute approximate surface area is 91.5 Å². The molecule has 1 unspecified atom stereocenters. The van der Waals surface area contributed by atoms with Gasteiger partial charge >= 0.3 is 5.97 Å². The Hall–Kier alpha value is -0.555. The second-order valence-electron chi connectivity index (χ2n) is 3.68. The maximum atomic E-state index is 10.9. The van der Waals surface area contributed by atoms with Gasteiger partial charge in [0.15, 0.2) is 0 Å². The van der Waals surface area contributed by atoms with E-state index in [0.717, 1.165) is 6.42 Å². The molecule has 0 saturated carbocycles. The fraction of sp³-hybridized carbons (Fsp3) is 0.875. The van der Waals surface area contributed by atoms with Gasteiger partial charge in [-0.1, -0.05) is 19.8 Å². The summed E-state index contributed by atoms with van der Waals surface area (Å²) >= 11 is 0. The van der Waals surface area contributed by atoms with E-state index in [1.807, 2.05) is 6.92 Å². The lowest BCUT2D eigenvalue weighted by Gasteiger charge is -2.24. The molecule has 0 aliphatic rings. The van der Waals surface area contributed by atoms with Gasteiger partial charge in [-0.05, 0) is 12.8 Å². The van der Waals surface area contributed by atoms with Crippen molar-refractivity contribution in [3.05, 3.63) is 0 Å². The molecular weight excluding hydrogens is 217 g/mol. The van der Waals surface area contributed by atoms with E-state index in [1.165, 1.54) is 0 Å². The van der Waals surface area contributed by atoms with Crippen LogP contribution in [-0.2, 0) is 14.8 Å². The summed E-state index contributed by atoms with van der Waals surface area (Å²) in [5, 5.41) is 12.2. The molecule has 0 aromatic carbocycles. The molecule has 5 nitrogen and oxygen atoms in total. The number of nitrogens with two attached hydrogens (primary N) is 1. The van der Waals surface area contributed by atoms with Gasteiger partial charge in [0.05, 0.1) is 13.6 Å². The van der Waals surface area contributed by atoms with E-state index >= 15 is 0 Å². The van der Waals surface area contributed by atoms with Gasteiger partial charge in [0, 0.05) is 5.31 Å². The molecule has 0 amide bonds. The van der Waals surface area contributed by atoms with Crippen LogP contribution in [-0.4, -0.2) is 33.1 Å². The molecule has 0 fully saturated rings. The zero-order valence-electron chi connectivity index (χ0n) is 8.77. The Morgan fingerprint density at radius 3 is 2.33 bits per heavy atom. The molecule has 0 bridgehead atoms. The summed E-state index contributed by atoms with van der Waals surface area (Å²) in [4.78, 5) is 10.9. The smallest absolute Gasteiger partial charge is 0.300 e. The third-order valence-electron chi connectivity index (χ3n) is 2.24. The summed E-state index contributed by atoms with van der Waals surface area (Å²) in [5.74, 6) is -1.58. The zero-order chi connectivity index (χ0) is 12.1. The largest absolute Gasteiger partial charge is 0.481 e. The van der Waals surface area contributed by atoms with Gasteiger partial charge in [-0.2, -0.15) is 0 Å². The average Bonchev–Trinajstić information content (AvgIpc) is 2.10. The van der Waals surface area contributed by atoms with Gasteiger partial charge < -0.3 is 5.11 Å². The Kier molecular flexibility index (Phi) is 5.30. The van der Waals surface area contributed by atoms with E-state index < -0.39 is 27.1 Å². The molecule has 0 aromatic rings. The Balaban J connectivity index is 4.45. The first-order valence-electron chi connectivity index (χ1n) is 4.74. The number of hydrogen-bond acceptors (Lipinski definition) is 3. The van der Waals surface area contributed by atoms with Crippen molar-refractivity contribution < 1.29 is 18.3 Å². The Morgan fingerprint density at radius 2 is 2.00 bits per heavy atom. The number of primary sulfonamides is 1. The fourth-order valence-electron chi connectivity index (χ4n) is 1.16. The zero-order valence-corrected chi connectivity index (χ0v) is 9.59. The lowest BCUT2D eigenvalue weighted by Crippen LogP contribution is -2.29. The molecule has 0 rings (SSSR count). The van der Waals surface area contributed by atoms with E-state index in [-0.39, 0.29) is 12.8 Å². The summed E-state index contributed by atoms with van der Waals surface area (Å²) in [5.41, 5.74) is 0. The van der Waals surface area contributed by atoms with Gasteiger partial charge in [0.25, 0.3) is 0 Å². The summed E-state index contributed by atoms with van der Waals surface area (Å²) in [6.45, 7) is 1.90. The van der Waals surface area contributed by atoms with Crippen LogP contribution in [0.2, 0.25) is 5.31 Å². The molecule has 0 aromatic heterocycles. The SMILES string of the molecule is [B]C(CCCC)(CCS(N)(=O)=O)C(=O)O.